The van der Waals surface area contributed by atoms with Gasteiger partial charge in [-0.25, -0.2) is 0 Å². The first-order valence-corrected chi connectivity index (χ1v) is 19.4. The summed E-state index contributed by atoms with van der Waals surface area (Å²) in [5.74, 6) is 3.70. The number of ether oxygens (including phenoxy) is 4. The zero-order valence-electron chi connectivity index (χ0n) is 29.5. The molecule has 9 heteroatoms. The molecule has 0 atom stereocenters. The average Bonchev–Trinajstić information content (AvgIpc) is 3.12. The molecule has 4 aromatic carbocycles. The van der Waals surface area contributed by atoms with Crippen molar-refractivity contribution in [2.45, 2.75) is 79.1 Å². The molecule has 0 saturated carbocycles. The van der Waals surface area contributed by atoms with Gasteiger partial charge in [-0.1, -0.05) is 108 Å². The number of rotatable bonds is 24. The first-order valence-electron chi connectivity index (χ1n) is 17.7. The molecule has 0 radical (unpaired) electrons. The summed E-state index contributed by atoms with van der Waals surface area (Å²) in [6.07, 6.45) is 7.30. The van der Waals surface area contributed by atoms with Crippen LogP contribution in [0.5, 0.6) is 46.0 Å². The lowest BCUT2D eigenvalue weighted by atomic mass is 10.2. The Labute approximate surface area is 293 Å². The number of para-hydroxylation sites is 3. The van der Waals surface area contributed by atoms with Crippen molar-refractivity contribution in [3.05, 3.63) is 97.1 Å². The fourth-order valence-electron chi connectivity index (χ4n) is 4.60. The number of benzene rings is 4. The van der Waals surface area contributed by atoms with Gasteiger partial charge in [0, 0.05) is 6.07 Å². The fraction of sp³-hybridized carbons (Fsp3) is 0.400. The minimum atomic E-state index is -4.24. The Kier molecular flexibility index (Phi) is 15.8. The van der Waals surface area contributed by atoms with Gasteiger partial charge in [0.05, 0.1) is 26.4 Å². The zero-order valence-corrected chi connectivity index (χ0v) is 30.5. The zero-order chi connectivity index (χ0) is 34.6. The second kappa shape index (κ2) is 20.8. The number of unbranched alkanes of at least 4 members (excludes halogenated alkanes) is 4. The summed E-state index contributed by atoms with van der Waals surface area (Å²) in [7, 11) is -4.24. The van der Waals surface area contributed by atoms with Crippen LogP contribution in [0.1, 0.15) is 79.1 Å². The molecule has 0 unspecified atom stereocenters. The van der Waals surface area contributed by atoms with Gasteiger partial charge >= 0.3 is 9.05 Å². The monoisotopic (exact) mass is 688 g/mol. The summed E-state index contributed by atoms with van der Waals surface area (Å²) in [5.41, 5.74) is 0. The number of hydrogen-bond acceptors (Lipinski definition) is 8. The summed E-state index contributed by atoms with van der Waals surface area (Å²) < 4.78 is 52.9. The summed E-state index contributed by atoms with van der Waals surface area (Å²) >= 11 is 0. The largest absolute Gasteiger partial charge is 0.966 e. The first kappa shape index (κ1) is 37.3. The van der Waals surface area contributed by atoms with Crippen molar-refractivity contribution in [3.63, 3.8) is 0 Å². The van der Waals surface area contributed by atoms with E-state index >= 15 is 0 Å². The molecule has 49 heavy (non-hydrogen) atoms. The molecule has 0 aromatic heterocycles. The molecule has 0 saturated heterocycles. The first-order chi connectivity index (χ1) is 24.1. The molecule has 0 fully saturated rings. The van der Waals surface area contributed by atoms with Crippen molar-refractivity contribution in [1.82, 2.24) is 0 Å². The molecule has 0 heterocycles. The lowest BCUT2D eigenvalue weighted by Crippen LogP contribution is -2.60. The van der Waals surface area contributed by atoms with Gasteiger partial charge in [0.25, 0.3) is 0 Å². The van der Waals surface area contributed by atoms with Gasteiger partial charge in [-0.05, 0) is 62.1 Å². The standard InChI is InChI=1S/C40H52O8Si/c1-5-9-28-41-36-32-37(39(43-30-11-7-3)40(44-31-12-8-4)38(36)42-29-10-6-2)48-49(45-33-22-16-13-17-23-33,46-34-24-18-14-19-25-34)47-35-26-20-15-21-27-35/h13-27,32H,5-12,28-31H2,1-4H3. The Bertz CT molecular complexity index is 1370. The van der Waals surface area contributed by atoms with Crippen molar-refractivity contribution < 1.29 is 36.7 Å². The van der Waals surface area contributed by atoms with Gasteiger partial charge in [0.1, 0.15) is 17.2 Å². The van der Waals surface area contributed by atoms with E-state index in [9.17, 15) is 0 Å². The van der Waals surface area contributed by atoms with Crippen LogP contribution in [0, 0.1) is 0 Å². The Hall–Kier alpha value is -4.50. The van der Waals surface area contributed by atoms with E-state index < -0.39 is 9.05 Å². The molecular formula is C40H52O8Si. The fourth-order valence-corrected chi connectivity index (χ4v) is 6.55. The Morgan fingerprint density at radius 3 is 1.12 bits per heavy atom. The molecule has 4 rings (SSSR count). The van der Waals surface area contributed by atoms with Crippen molar-refractivity contribution >= 4 is 9.05 Å². The summed E-state index contributed by atoms with van der Waals surface area (Å²) in [4.78, 5) is 0. The van der Waals surface area contributed by atoms with E-state index in [1.165, 1.54) is 0 Å². The average molecular weight is 689 g/mol. The molecule has 0 aliphatic rings. The topological polar surface area (TPSA) is 73.8 Å². The minimum absolute atomic E-state index is 0.311. The van der Waals surface area contributed by atoms with Crippen LogP contribution in [0.2, 0.25) is 0 Å². The van der Waals surface area contributed by atoms with Crippen LogP contribution >= 0.6 is 0 Å². The second-order valence-electron chi connectivity index (χ2n) is 11.5. The van der Waals surface area contributed by atoms with Crippen LogP contribution in [0.25, 0.3) is 0 Å². The summed E-state index contributed by atoms with van der Waals surface area (Å²) in [6.45, 7) is 10.4. The maximum Gasteiger partial charge on any atom is 0.966 e. The van der Waals surface area contributed by atoms with Crippen LogP contribution in [0.4, 0.5) is 0 Å². The maximum absolute atomic E-state index is 6.98. The van der Waals surface area contributed by atoms with E-state index in [0.717, 1.165) is 51.4 Å². The molecule has 0 amide bonds. The van der Waals surface area contributed by atoms with E-state index in [0.29, 0.717) is 72.4 Å². The third-order valence-corrected chi connectivity index (χ3v) is 9.23. The molecule has 4 aromatic rings. The number of hydrogen-bond donors (Lipinski definition) is 0. The Morgan fingerprint density at radius 1 is 0.388 bits per heavy atom. The van der Waals surface area contributed by atoms with Crippen molar-refractivity contribution in [3.8, 4) is 46.0 Å². The lowest BCUT2D eigenvalue weighted by molar-refractivity contribution is 0.154. The minimum Gasteiger partial charge on any atom is -0.489 e. The quantitative estimate of drug-likeness (QED) is 0.0532. The van der Waals surface area contributed by atoms with Crippen LogP contribution < -0.4 is 36.7 Å². The molecule has 264 valence electrons. The maximum atomic E-state index is 6.98. The van der Waals surface area contributed by atoms with Crippen molar-refractivity contribution in [1.29, 1.82) is 0 Å². The van der Waals surface area contributed by atoms with Gasteiger partial charge in [0.2, 0.25) is 17.2 Å². The highest BCUT2D eigenvalue weighted by atomic mass is 28.4. The van der Waals surface area contributed by atoms with Crippen molar-refractivity contribution in [2.24, 2.45) is 0 Å². The van der Waals surface area contributed by atoms with Crippen LogP contribution in [0.3, 0.4) is 0 Å². The highest BCUT2D eigenvalue weighted by molar-refractivity contribution is 6.57. The van der Waals surface area contributed by atoms with Crippen LogP contribution in [0.15, 0.2) is 97.1 Å². The normalized spacial score (nSPS) is 11.0. The van der Waals surface area contributed by atoms with Gasteiger partial charge < -0.3 is 36.7 Å². The van der Waals surface area contributed by atoms with Crippen LogP contribution in [-0.2, 0) is 0 Å². The van der Waals surface area contributed by atoms with Gasteiger partial charge in [0.15, 0.2) is 11.5 Å². The smallest absolute Gasteiger partial charge is 0.489 e. The van der Waals surface area contributed by atoms with E-state index in [4.69, 9.17) is 36.7 Å². The van der Waals surface area contributed by atoms with Crippen LogP contribution in [-0.4, -0.2) is 35.5 Å². The SMILES string of the molecule is CCCCOc1cc(O[Si](Oc2ccccc2)(Oc2ccccc2)Oc2ccccc2)c(OCCCC)c(OCCCC)c1OCCCC. The lowest BCUT2D eigenvalue weighted by Gasteiger charge is -2.30. The molecule has 0 N–H and O–H groups in total. The van der Waals surface area contributed by atoms with E-state index in [1.807, 2.05) is 91.0 Å². The third kappa shape index (κ3) is 11.9. The third-order valence-electron chi connectivity index (χ3n) is 7.30. The Balaban J connectivity index is 1.94. The molecular weight excluding hydrogens is 637 g/mol. The molecule has 0 bridgehead atoms. The second-order valence-corrected chi connectivity index (χ2v) is 13.3. The highest BCUT2D eigenvalue weighted by Crippen LogP contribution is 2.52. The van der Waals surface area contributed by atoms with E-state index in [1.54, 1.807) is 6.07 Å². The predicted octanol–water partition coefficient (Wildman–Crippen LogP) is 10.5. The van der Waals surface area contributed by atoms with Gasteiger partial charge in [-0.15, -0.1) is 0 Å². The summed E-state index contributed by atoms with van der Waals surface area (Å²) in [6, 6.07) is 30.0. The van der Waals surface area contributed by atoms with E-state index in [-0.39, 0.29) is 0 Å². The highest BCUT2D eigenvalue weighted by Gasteiger charge is 2.59. The van der Waals surface area contributed by atoms with Crippen molar-refractivity contribution in [2.75, 3.05) is 26.4 Å². The molecule has 0 aliphatic heterocycles. The predicted molar refractivity (Wildman–Crippen MR) is 196 cm³/mol. The van der Waals surface area contributed by atoms with E-state index in [2.05, 4.69) is 27.7 Å². The van der Waals surface area contributed by atoms with Gasteiger partial charge in [-0.3, -0.25) is 0 Å². The molecule has 8 nitrogen and oxygen atoms in total. The Morgan fingerprint density at radius 2 is 0.735 bits per heavy atom. The van der Waals surface area contributed by atoms with Gasteiger partial charge in [-0.2, -0.15) is 0 Å². The molecule has 0 aliphatic carbocycles. The summed E-state index contributed by atoms with van der Waals surface area (Å²) in [5, 5.41) is 0. The molecule has 0 spiro atoms.